The van der Waals surface area contributed by atoms with E-state index in [1.54, 1.807) is 23.0 Å². The van der Waals surface area contributed by atoms with Crippen molar-refractivity contribution in [2.45, 2.75) is 44.3 Å². The fourth-order valence-electron chi connectivity index (χ4n) is 3.53. The lowest BCUT2D eigenvalue weighted by Crippen LogP contribution is -2.23. The molecule has 4 rings (SSSR count). The Morgan fingerprint density at radius 3 is 2.68 bits per heavy atom. The molecule has 0 saturated heterocycles. The number of hydrogen-bond donors (Lipinski definition) is 1. The summed E-state index contributed by atoms with van der Waals surface area (Å²) in [5.41, 5.74) is 2.66. The summed E-state index contributed by atoms with van der Waals surface area (Å²) in [5, 5.41) is 5.95. The molecule has 176 valence electrons. The summed E-state index contributed by atoms with van der Waals surface area (Å²) in [7, 11) is 0. The van der Waals surface area contributed by atoms with Crippen LogP contribution in [0.1, 0.15) is 32.8 Å². The van der Waals surface area contributed by atoms with Crippen molar-refractivity contribution in [2.75, 3.05) is 11.1 Å². The zero-order valence-electron chi connectivity index (χ0n) is 19.5. The maximum Gasteiger partial charge on any atom is 0.263 e. The smallest absolute Gasteiger partial charge is 0.263 e. The summed E-state index contributed by atoms with van der Waals surface area (Å²) >= 11 is 2.80. The van der Waals surface area contributed by atoms with Gasteiger partial charge in [-0.3, -0.25) is 14.2 Å². The highest BCUT2D eigenvalue weighted by Gasteiger charge is 2.18. The summed E-state index contributed by atoms with van der Waals surface area (Å²) in [5.74, 6) is 1.06. The van der Waals surface area contributed by atoms with E-state index in [0.29, 0.717) is 39.9 Å². The molecule has 0 radical (unpaired) electrons. The molecule has 0 aliphatic heterocycles. The minimum absolute atomic E-state index is 0.0653. The van der Waals surface area contributed by atoms with Crippen molar-refractivity contribution in [3.8, 4) is 11.3 Å². The largest absolute Gasteiger partial charge is 0.464 e. The number of allylic oxidation sites excluding steroid dienone is 1. The minimum Gasteiger partial charge on any atom is -0.464 e. The number of nitrogens with zero attached hydrogens (tertiary/aromatic N) is 2. The monoisotopic (exact) mass is 493 g/mol. The van der Waals surface area contributed by atoms with Gasteiger partial charge >= 0.3 is 0 Å². The van der Waals surface area contributed by atoms with Crippen molar-refractivity contribution >= 4 is 44.9 Å². The Balaban J connectivity index is 1.46. The molecule has 1 N–H and O–H groups in total. The molecule has 0 atom stereocenters. The number of thioether (sulfide) groups is 1. The Labute approximate surface area is 206 Å². The van der Waals surface area contributed by atoms with Crippen LogP contribution in [0.5, 0.6) is 0 Å². The maximum absolute atomic E-state index is 13.3. The highest BCUT2D eigenvalue weighted by molar-refractivity contribution is 7.99. The fourth-order valence-corrected chi connectivity index (χ4v) is 5.45. The molecule has 0 unspecified atom stereocenters. The van der Waals surface area contributed by atoms with E-state index in [9.17, 15) is 9.59 Å². The quantitative estimate of drug-likeness (QED) is 0.176. The predicted molar refractivity (Wildman–Crippen MR) is 141 cm³/mol. The van der Waals surface area contributed by atoms with Gasteiger partial charge in [-0.2, -0.15) is 0 Å². The van der Waals surface area contributed by atoms with Crippen LogP contribution in [-0.4, -0.2) is 21.2 Å². The number of furan rings is 1. The van der Waals surface area contributed by atoms with Gasteiger partial charge in [-0.25, -0.2) is 4.98 Å². The molecule has 0 bridgehead atoms. The normalized spacial score (nSPS) is 11.6. The molecule has 8 heteroatoms. The van der Waals surface area contributed by atoms with Gasteiger partial charge in [0.2, 0.25) is 5.91 Å². The van der Waals surface area contributed by atoms with Gasteiger partial charge in [-0.1, -0.05) is 50.7 Å². The second kappa shape index (κ2) is 10.0. The number of rotatable bonds is 8. The van der Waals surface area contributed by atoms with E-state index in [4.69, 9.17) is 9.40 Å². The lowest BCUT2D eigenvalue weighted by Gasteiger charge is -2.19. The molecule has 0 fully saturated rings. The zero-order valence-corrected chi connectivity index (χ0v) is 21.1. The van der Waals surface area contributed by atoms with Crippen LogP contribution in [0.3, 0.4) is 0 Å². The Hall–Kier alpha value is -3.10. The second-order valence-electron chi connectivity index (χ2n) is 8.88. The van der Waals surface area contributed by atoms with Gasteiger partial charge in [0.15, 0.2) is 5.16 Å². The minimum atomic E-state index is -0.136. The van der Waals surface area contributed by atoms with Crippen molar-refractivity contribution in [3.05, 3.63) is 76.6 Å². The number of thiophene rings is 1. The average molecular weight is 494 g/mol. The number of anilines is 1. The summed E-state index contributed by atoms with van der Waals surface area (Å²) in [6.07, 6.45) is 3.56. The van der Waals surface area contributed by atoms with Crippen LogP contribution >= 0.6 is 23.1 Å². The van der Waals surface area contributed by atoms with Crippen LogP contribution in [0, 0.1) is 0 Å². The Morgan fingerprint density at radius 1 is 1.26 bits per heavy atom. The first-order valence-corrected chi connectivity index (χ1v) is 12.8. The molecule has 0 aliphatic carbocycles. The lowest BCUT2D eigenvalue weighted by atomic mass is 9.87. The maximum atomic E-state index is 13.3. The molecule has 1 aromatic carbocycles. The van der Waals surface area contributed by atoms with Crippen molar-refractivity contribution < 1.29 is 9.21 Å². The fraction of sp³-hybridized carbons (Fsp3) is 0.269. The summed E-state index contributed by atoms with van der Waals surface area (Å²) in [6, 6.07) is 11.6. The molecule has 3 heterocycles. The van der Waals surface area contributed by atoms with E-state index >= 15 is 0 Å². The Morgan fingerprint density at radius 2 is 2.03 bits per heavy atom. The summed E-state index contributed by atoms with van der Waals surface area (Å²) in [6.45, 7) is 10.6. The third kappa shape index (κ3) is 5.18. The van der Waals surface area contributed by atoms with Gasteiger partial charge in [-0.15, -0.1) is 17.9 Å². The summed E-state index contributed by atoms with van der Waals surface area (Å²) < 4.78 is 7.09. The van der Waals surface area contributed by atoms with Crippen molar-refractivity contribution in [3.63, 3.8) is 0 Å². The first kappa shape index (κ1) is 24.0. The van der Waals surface area contributed by atoms with Gasteiger partial charge in [0.05, 0.1) is 11.6 Å². The topological polar surface area (TPSA) is 77.1 Å². The average Bonchev–Trinajstić information content (AvgIpc) is 3.46. The molecule has 4 aromatic rings. The molecule has 6 nitrogen and oxygen atoms in total. The molecule has 0 saturated carbocycles. The van der Waals surface area contributed by atoms with E-state index in [0.717, 1.165) is 11.3 Å². The van der Waals surface area contributed by atoms with Gasteiger partial charge in [0.25, 0.3) is 5.56 Å². The number of hydrogen-bond acceptors (Lipinski definition) is 6. The number of carbonyl (C=O) groups is 1. The van der Waals surface area contributed by atoms with Crippen LogP contribution in [-0.2, 0) is 16.8 Å². The van der Waals surface area contributed by atoms with E-state index in [1.165, 1.54) is 28.7 Å². The number of benzene rings is 1. The van der Waals surface area contributed by atoms with Gasteiger partial charge in [0.1, 0.15) is 10.6 Å². The predicted octanol–water partition coefficient (Wildman–Crippen LogP) is 6.32. The number of aromatic nitrogens is 2. The van der Waals surface area contributed by atoms with E-state index in [-0.39, 0.29) is 16.9 Å². The first-order chi connectivity index (χ1) is 16.3. The molecule has 34 heavy (non-hydrogen) atoms. The first-order valence-electron chi connectivity index (χ1n) is 11.0. The molecule has 0 spiro atoms. The van der Waals surface area contributed by atoms with Crippen LogP contribution in [0.4, 0.5) is 5.69 Å². The molecular formula is C26H27N3O3S2. The third-order valence-electron chi connectivity index (χ3n) is 5.35. The summed E-state index contributed by atoms with van der Waals surface area (Å²) in [4.78, 5) is 31.1. The van der Waals surface area contributed by atoms with Gasteiger partial charge in [0, 0.05) is 35.3 Å². The molecule has 3 aromatic heterocycles. The number of fused-ring (bicyclic) bond motifs is 1. The Kier molecular flexibility index (Phi) is 7.09. The Bertz CT molecular complexity index is 1360. The number of carbonyl (C=O) groups excluding carboxylic acids is 1. The van der Waals surface area contributed by atoms with Crippen LogP contribution < -0.4 is 10.9 Å². The second-order valence-corrected chi connectivity index (χ2v) is 10.8. The van der Waals surface area contributed by atoms with Gasteiger partial charge < -0.3 is 9.73 Å². The van der Waals surface area contributed by atoms with Crippen molar-refractivity contribution in [2.24, 2.45) is 0 Å². The third-order valence-corrected chi connectivity index (χ3v) is 7.20. The highest BCUT2D eigenvalue weighted by atomic mass is 32.2. The van der Waals surface area contributed by atoms with E-state index in [1.807, 2.05) is 35.7 Å². The van der Waals surface area contributed by atoms with E-state index in [2.05, 4.69) is 32.7 Å². The van der Waals surface area contributed by atoms with Crippen molar-refractivity contribution in [1.29, 1.82) is 0 Å². The molecular weight excluding hydrogens is 466 g/mol. The van der Waals surface area contributed by atoms with Gasteiger partial charge in [-0.05, 0) is 35.2 Å². The zero-order chi connectivity index (χ0) is 24.3. The van der Waals surface area contributed by atoms with Crippen LogP contribution in [0.25, 0.3) is 21.5 Å². The number of nitrogens with one attached hydrogen (secondary N) is 1. The van der Waals surface area contributed by atoms with E-state index < -0.39 is 0 Å². The lowest BCUT2D eigenvalue weighted by molar-refractivity contribution is -0.115. The SMILES string of the molecule is C=CCn1c(SCCC(=O)Nc2ccc(C(C)(C)C)cc2)nc2scc(-c3ccco3)c2c1=O. The van der Waals surface area contributed by atoms with Crippen LogP contribution in [0.2, 0.25) is 0 Å². The molecule has 0 aliphatic rings. The van der Waals surface area contributed by atoms with Crippen LogP contribution in [0.15, 0.2) is 75.1 Å². The highest BCUT2D eigenvalue weighted by Crippen LogP contribution is 2.32. The van der Waals surface area contributed by atoms with Crippen molar-refractivity contribution in [1.82, 2.24) is 9.55 Å². The number of amides is 1. The molecule has 1 amide bonds. The standard InChI is InChI=1S/C26H27N3O3S2/c1-5-13-29-24(31)22-19(20-7-6-14-32-20)16-34-23(22)28-25(29)33-15-12-21(30)27-18-10-8-17(9-11-18)26(2,3)4/h5-11,14,16H,1,12-13,15H2,2-4H3,(H,27,30).